The van der Waals surface area contributed by atoms with E-state index in [1.165, 1.54) is 0 Å². The van der Waals surface area contributed by atoms with Crippen LogP contribution in [0.2, 0.25) is 0 Å². The topological polar surface area (TPSA) is 74.6 Å². The summed E-state index contributed by atoms with van der Waals surface area (Å²) in [4.78, 5) is 19.5. The van der Waals surface area contributed by atoms with Gasteiger partial charge in [-0.15, -0.1) is 0 Å². The van der Waals surface area contributed by atoms with E-state index in [2.05, 4.69) is 111 Å². The first-order valence-electron chi connectivity index (χ1n) is 16.9. The summed E-state index contributed by atoms with van der Waals surface area (Å²) in [6.07, 6.45) is 5.64. The van der Waals surface area contributed by atoms with Crippen molar-refractivity contribution in [3.05, 3.63) is 158 Å². The second kappa shape index (κ2) is 10.7. The van der Waals surface area contributed by atoms with Gasteiger partial charge < -0.3 is 8.98 Å². The monoisotopic (exact) mass is 654 g/mol. The molecule has 0 saturated carbocycles. The molecule has 7 heteroatoms. The third-order valence-electron chi connectivity index (χ3n) is 9.88. The van der Waals surface area contributed by atoms with Crippen LogP contribution in [-0.2, 0) is 0 Å². The fourth-order valence-corrected chi connectivity index (χ4v) is 7.56. The molecule has 0 unspecified atom stereocenters. The number of pyridine rings is 4. The number of hydrogen-bond donors (Lipinski definition) is 0. The molecule has 11 aromatic rings. The van der Waals surface area contributed by atoms with Crippen LogP contribution in [0.25, 0.3) is 99.8 Å². The van der Waals surface area contributed by atoms with E-state index in [1.807, 2.05) is 61.1 Å². The lowest BCUT2D eigenvalue weighted by atomic mass is 10.1. The minimum Gasteiger partial charge on any atom is -0.453 e. The lowest BCUT2D eigenvalue weighted by molar-refractivity contribution is 0.667. The Bertz CT molecular complexity index is 2930. The average Bonchev–Trinajstić information content (AvgIpc) is 3.85. The Hall–Kier alpha value is -7.12. The molecule has 7 nitrogen and oxygen atoms in total. The summed E-state index contributed by atoms with van der Waals surface area (Å²) in [6.45, 7) is 0. The van der Waals surface area contributed by atoms with Crippen molar-refractivity contribution in [2.24, 2.45) is 0 Å². The summed E-state index contributed by atoms with van der Waals surface area (Å²) in [7, 11) is 0. The van der Waals surface area contributed by atoms with Crippen LogP contribution < -0.4 is 0 Å². The Labute approximate surface area is 290 Å². The first kappa shape index (κ1) is 27.8. The number of fused-ring (bicyclic) bond motifs is 9. The minimum absolute atomic E-state index is 0.703. The molecule has 0 radical (unpaired) electrons. The molecule has 0 aliphatic rings. The van der Waals surface area contributed by atoms with E-state index in [9.17, 15) is 0 Å². The first-order chi connectivity index (χ1) is 25.3. The van der Waals surface area contributed by atoms with Gasteiger partial charge in [-0.25, -0.2) is 15.0 Å². The predicted octanol–water partition coefficient (Wildman–Crippen LogP) is 10.7. The highest BCUT2D eigenvalue weighted by molar-refractivity contribution is 6.11. The van der Waals surface area contributed by atoms with Gasteiger partial charge >= 0.3 is 0 Å². The molecule has 0 aliphatic carbocycles. The van der Waals surface area contributed by atoms with Crippen molar-refractivity contribution < 1.29 is 4.42 Å². The van der Waals surface area contributed by atoms with E-state index in [0.717, 1.165) is 88.7 Å². The average molecular weight is 655 g/mol. The van der Waals surface area contributed by atoms with E-state index < -0.39 is 0 Å². The predicted molar refractivity (Wildman–Crippen MR) is 204 cm³/mol. The van der Waals surface area contributed by atoms with Gasteiger partial charge in [-0.2, -0.15) is 0 Å². The summed E-state index contributed by atoms with van der Waals surface area (Å²) in [6, 6.07) is 48.1. The SMILES string of the molecule is c1ccc(-n2c3ccncc3c3ccc(-c4ccc5oc6ccc(-c7ccc8c9cccnc9n(-c9ccccc9)c8c7)nc6c5n4)cc32)cc1. The number of nitrogens with zero attached hydrogens (tertiary/aromatic N) is 6. The molecule has 51 heavy (non-hydrogen) atoms. The van der Waals surface area contributed by atoms with Crippen LogP contribution in [0.1, 0.15) is 0 Å². The molecule has 0 aliphatic heterocycles. The lowest BCUT2D eigenvalue weighted by Crippen LogP contribution is -1.95. The molecule has 238 valence electrons. The molecule has 0 spiro atoms. The minimum atomic E-state index is 0.703. The largest absolute Gasteiger partial charge is 0.453 e. The summed E-state index contributed by atoms with van der Waals surface area (Å²) in [5.74, 6) is 0. The molecule has 4 aromatic carbocycles. The fraction of sp³-hybridized carbons (Fsp3) is 0. The quantitative estimate of drug-likeness (QED) is 0.189. The third-order valence-corrected chi connectivity index (χ3v) is 9.88. The van der Waals surface area contributed by atoms with Crippen LogP contribution >= 0.6 is 0 Å². The number of benzene rings is 4. The zero-order valence-corrected chi connectivity index (χ0v) is 27.1. The number of aromatic nitrogens is 6. The molecular weight excluding hydrogens is 629 g/mol. The van der Waals surface area contributed by atoms with Gasteiger partial charge in [0.05, 0.1) is 27.9 Å². The van der Waals surface area contributed by atoms with Crippen LogP contribution in [0, 0.1) is 0 Å². The smallest absolute Gasteiger partial charge is 0.155 e. The Balaban J connectivity index is 1.07. The van der Waals surface area contributed by atoms with Crippen LogP contribution in [0.5, 0.6) is 0 Å². The van der Waals surface area contributed by atoms with Crippen LogP contribution in [-0.4, -0.2) is 29.1 Å². The highest BCUT2D eigenvalue weighted by Crippen LogP contribution is 2.37. The maximum absolute atomic E-state index is 6.26. The summed E-state index contributed by atoms with van der Waals surface area (Å²) in [5.41, 5.74) is 13.0. The van der Waals surface area contributed by atoms with Crippen molar-refractivity contribution in [3.8, 4) is 33.9 Å². The van der Waals surface area contributed by atoms with E-state index in [0.29, 0.717) is 11.2 Å². The molecule has 0 amide bonds. The molecule has 7 aromatic heterocycles. The summed E-state index contributed by atoms with van der Waals surface area (Å²) >= 11 is 0. The van der Waals surface area contributed by atoms with Crippen LogP contribution in [0.15, 0.2) is 163 Å². The van der Waals surface area contributed by atoms with Gasteiger partial charge in [0.1, 0.15) is 16.7 Å². The molecule has 0 atom stereocenters. The normalized spacial score (nSPS) is 11.9. The zero-order valence-electron chi connectivity index (χ0n) is 27.1. The molecule has 0 fully saturated rings. The standard InChI is InChI=1S/C44H26N6O/c1-3-8-29(9-4-1)49-37-21-23-45-26-34(37)32-16-14-27(24-38(32)49)35-17-19-40-42(47-35)43-41(51-40)20-18-36(48-43)28-13-15-31-33-12-7-22-46-44(33)50(39(31)25-28)30-10-5-2-6-11-30/h1-26H. The molecule has 0 saturated heterocycles. The van der Waals surface area contributed by atoms with E-state index in [-0.39, 0.29) is 0 Å². The highest BCUT2D eigenvalue weighted by atomic mass is 16.3. The van der Waals surface area contributed by atoms with Gasteiger partial charge in [-0.05, 0) is 78.9 Å². The van der Waals surface area contributed by atoms with Crippen molar-refractivity contribution in [1.82, 2.24) is 29.1 Å². The molecular formula is C44H26N6O. The van der Waals surface area contributed by atoms with Crippen molar-refractivity contribution in [3.63, 3.8) is 0 Å². The van der Waals surface area contributed by atoms with Gasteiger partial charge in [-0.1, -0.05) is 60.7 Å². The van der Waals surface area contributed by atoms with Crippen molar-refractivity contribution >= 4 is 65.9 Å². The number of para-hydroxylation sites is 2. The van der Waals surface area contributed by atoms with Gasteiger partial charge in [0.15, 0.2) is 11.2 Å². The zero-order chi connectivity index (χ0) is 33.5. The lowest BCUT2D eigenvalue weighted by Gasteiger charge is -2.08. The second-order valence-corrected chi connectivity index (χ2v) is 12.8. The van der Waals surface area contributed by atoms with Crippen LogP contribution in [0.4, 0.5) is 0 Å². The van der Waals surface area contributed by atoms with Crippen molar-refractivity contribution in [2.45, 2.75) is 0 Å². The fourth-order valence-electron chi connectivity index (χ4n) is 7.56. The van der Waals surface area contributed by atoms with Gasteiger partial charge in [0.25, 0.3) is 0 Å². The first-order valence-corrected chi connectivity index (χ1v) is 16.9. The van der Waals surface area contributed by atoms with Gasteiger partial charge in [0, 0.05) is 62.6 Å². The third kappa shape index (κ3) is 4.18. The maximum atomic E-state index is 6.26. The molecule has 0 N–H and O–H groups in total. The van der Waals surface area contributed by atoms with Gasteiger partial charge in [0.2, 0.25) is 0 Å². The summed E-state index contributed by atoms with van der Waals surface area (Å²) in [5, 5.41) is 4.52. The van der Waals surface area contributed by atoms with E-state index >= 15 is 0 Å². The Morgan fingerprint density at radius 3 is 1.73 bits per heavy atom. The number of hydrogen-bond acceptors (Lipinski definition) is 5. The highest BCUT2D eigenvalue weighted by Gasteiger charge is 2.18. The van der Waals surface area contributed by atoms with Gasteiger partial charge in [-0.3, -0.25) is 9.55 Å². The van der Waals surface area contributed by atoms with E-state index in [4.69, 9.17) is 19.4 Å². The Morgan fingerprint density at radius 2 is 1.06 bits per heavy atom. The van der Waals surface area contributed by atoms with E-state index in [1.54, 1.807) is 0 Å². The maximum Gasteiger partial charge on any atom is 0.155 e. The van der Waals surface area contributed by atoms with Crippen molar-refractivity contribution in [1.29, 1.82) is 0 Å². The summed E-state index contributed by atoms with van der Waals surface area (Å²) < 4.78 is 10.8. The second-order valence-electron chi connectivity index (χ2n) is 12.8. The number of rotatable bonds is 4. The van der Waals surface area contributed by atoms with Crippen molar-refractivity contribution in [2.75, 3.05) is 0 Å². The molecule has 0 bridgehead atoms. The Kier molecular flexibility index (Phi) is 5.83. The molecule has 7 heterocycles. The number of furan rings is 1. The van der Waals surface area contributed by atoms with Crippen LogP contribution in [0.3, 0.4) is 0 Å². The Morgan fingerprint density at radius 1 is 0.451 bits per heavy atom. The molecule has 11 rings (SSSR count).